The van der Waals surface area contributed by atoms with E-state index in [2.05, 4.69) is 0 Å². The van der Waals surface area contributed by atoms with Gasteiger partial charge in [0.25, 0.3) is 0 Å². The molecule has 0 aromatic heterocycles. The molecule has 0 bridgehead atoms. The van der Waals surface area contributed by atoms with Gasteiger partial charge in [0.1, 0.15) is 0 Å². The number of nitrogens with zero attached hydrogens (tertiary/aromatic N) is 1. The summed E-state index contributed by atoms with van der Waals surface area (Å²) in [6.07, 6.45) is 3.48. The van der Waals surface area contributed by atoms with Crippen LogP contribution in [0.2, 0.25) is 0 Å². The number of aliphatic hydroxyl groups is 2. The quantitative estimate of drug-likeness (QED) is 0.759. The van der Waals surface area contributed by atoms with Gasteiger partial charge < -0.3 is 19.8 Å². The minimum atomic E-state index is -0.985. The molecule has 2 heterocycles. The maximum Gasteiger partial charge on any atom is 0.232 e. The number of rotatable bonds is 5. The van der Waals surface area contributed by atoms with Crippen LogP contribution in [0.1, 0.15) is 25.7 Å². The minimum Gasteiger partial charge on any atom is -0.393 e. The van der Waals surface area contributed by atoms with E-state index >= 15 is 0 Å². The summed E-state index contributed by atoms with van der Waals surface area (Å²) in [6.45, 7) is 1.71. The summed E-state index contributed by atoms with van der Waals surface area (Å²) < 4.78 is 5.52. The van der Waals surface area contributed by atoms with E-state index in [-0.39, 0.29) is 12.5 Å². The SMILES string of the molecule is O=C(CSCC1CCCO1)N1CCC(O)(CO)CC1. The normalized spacial score (nSPS) is 26.6. The standard InChI is InChI=1S/C13H23NO4S/c15-10-13(17)3-5-14(6-4-13)12(16)9-19-8-11-2-1-7-18-11/h11,15,17H,1-10H2. The van der Waals surface area contributed by atoms with Crippen LogP contribution in [-0.2, 0) is 9.53 Å². The zero-order chi connectivity index (χ0) is 13.7. The molecule has 1 unspecified atom stereocenters. The molecule has 2 N–H and O–H groups in total. The first-order valence-corrected chi connectivity index (χ1v) is 8.09. The Balaban J connectivity index is 1.64. The van der Waals surface area contributed by atoms with Crippen molar-refractivity contribution in [3.63, 3.8) is 0 Å². The third kappa shape index (κ3) is 4.34. The summed E-state index contributed by atoms with van der Waals surface area (Å²) in [5.41, 5.74) is -0.985. The van der Waals surface area contributed by atoms with Crippen molar-refractivity contribution in [2.24, 2.45) is 0 Å². The summed E-state index contributed by atoms with van der Waals surface area (Å²) in [5.74, 6) is 1.50. The predicted octanol–water partition coefficient (Wildman–Crippen LogP) is 0.244. The van der Waals surface area contributed by atoms with Crippen LogP contribution >= 0.6 is 11.8 Å². The fourth-order valence-electron chi connectivity index (χ4n) is 2.48. The molecule has 1 atom stereocenters. The number of carbonyl (C=O) groups excluding carboxylic acids is 1. The lowest BCUT2D eigenvalue weighted by Crippen LogP contribution is -2.49. The summed E-state index contributed by atoms with van der Waals surface area (Å²) in [6, 6.07) is 0. The van der Waals surface area contributed by atoms with Crippen LogP contribution in [0.4, 0.5) is 0 Å². The Morgan fingerprint density at radius 3 is 2.74 bits per heavy atom. The van der Waals surface area contributed by atoms with Gasteiger partial charge in [-0.1, -0.05) is 0 Å². The van der Waals surface area contributed by atoms with Crippen LogP contribution in [0.3, 0.4) is 0 Å². The third-order valence-corrected chi connectivity index (χ3v) is 4.95. The van der Waals surface area contributed by atoms with Gasteiger partial charge in [-0.15, -0.1) is 11.8 Å². The van der Waals surface area contributed by atoms with E-state index in [0.29, 0.717) is 37.8 Å². The Hall–Kier alpha value is -0.300. The molecule has 0 saturated carbocycles. The Kier molecular flexibility index (Phi) is 5.50. The number of carbonyl (C=O) groups is 1. The van der Waals surface area contributed by atoms with Crippen LogP contribution in [-0.4, -0.2) is 70.5 Å². The van der Waals surface area contributed by atoms with Crippen molar-refractivity contribution >= 4 is 17.7 Å². The van der Waals surface area contributed by atoms with Gasteiger partial charge in [0, 0.05) is 25.4 Å². The zero-order valence-electron chi connectivity index (χ0n) is 11.2. The first-order chi connectivity index (χ1) is 9.13. The van der Waals surface area contributed by atoms with Crippen molar-refractivity contribution < 1.29 is 19.7 Å². The van der Waals surface area contributed by atoms with Gasteiger partial charge in [-0.25, -0.2) is 0 Å². The van der Waals surface area contributed by atoms with Gasteiger partial charge >= 0.3 is 0 Å². The maximum absolute atomic E-state index is 12.0. The molecule has 0 spiro atoms. The van der Waals surface area contributed by atoms with Crippen molar-refractivity contribution in [1.29, 1.82) is 0 Å². The van der Waals surface area contributed by atoms with Crippen molar-refractivity contribution in [2.75, 3.05) is 37.8 Å². The largest absolute Gasteiger partial charge is 0.393 e. The Morgan fingerprint density at radius 2 is 2.16 bits per heavy atom. The second-order valence-electron chi connectivity index (χ2n) is 5.41. The Bertz CT molecular complexity index is 299. The lowest BCUT2D eigenvalue weighted by atomic mass is 9.92. The second-order valence-corrected chi connectivity index (χ2v) is 6.44. The third-order valence-electron chi connectivity index (χ3n) is 3.89. The number of hydrogen-bond acceptors (Lipinski definition) is 5. The van der Waals surface area contributed by atoms with Gasteiger partial charge in [-0.3, -0.25) is 4.79 Å². The molecule has 6 heteroatoms. The van der Waals surface area contributed by atoms with E-state index in [1.54, 1.807) is 16.7 Å². The number of likely N-dealkylation sites (tertiary alicyclic amines) is 1. The van der Waals surface area contributed by atoms with Crippen LogP contribution in [0, 0.1) is 0 Å². The molecule has 2 rings (SSSR count). The molecule has 2 aliphatic heterocycles. The number of ether oxygens (including phenoxy) is 1. The van der Waals surface area contributed by atoms with E-state index in [1.807, 2.05) is 0 Å². The highest BCUT2D eigenvalue weighted by Gasteiger charge is 2.33. The number of thioether (sulfide) groups is 1. The lowest BCUT2D eigenvalue weighted by Gasteiger charge is -2.37. The highest BCUT2D eigenvalue weighted by molar-refractivity contribution is 7.99. The van der Waals surface area contributed by atoms with Gasteiger partial charge in [-0.2, -0.15) is 0 Å². The molecule has 0 aromatic rings. The maximum atomic E-state index is 12.0. The van der Waals surface area contributed by atoms with Crippen molar-refractivity contribution in [3.8, 4) is 0 Å². The molecular formula is C13H23NO4S. The number of hydrogen-bond donors (Lipinski definition) is 2. The fraction of sp³-hybridized carbons (Fsp3) is 0.923. The number of amides is 1. The van der Waals surface area contributed by atoms with Crippen molar-refractivity contribution in [3.05, 3.63) is 0 Å². The molecule has 0 aromatic carbocycles. The van der Waals surface area contributed by atoms with E-state index in [4.69, 9.17) is 9.84 Å². The molecule has 2 aliphatic rings. The summed E-state index contributed by atoms with van der Waals surface area (Å²) in [4.78, 5) is 13.8. The molecule has 2 fully saturated rings. The number of aliphatic hydroxyl groups excluding tert-OH is 1. The molecular weight excluding hydrogens is 266 g/mol. The summed E-state index contributed by atoms with van der Waals surface area (Å²) in [7, 11) is 0. The van der Waals surface area contributed by atoms with Gasteiger partial charge in [-0.05, 0) is 25.7 Å². The molecule has 1 amide bonds. The van der Waals surface area contributed by atoms with Crippen molar-refractivity contribution in [1.82, 2.24) is 4.90 Å². The van der Waals surface area contributed by atoms with E-state index in [9.17, 15) is 9.90 Å². The smallest absolute Gasteiger partial charge is 0.232 e. The minimum absolute atomic E-state index is 0.128. The Labute approximate surface area is 118 Å². The topological polar surface area (TPSA) is 70.0 Å². The average molecular weight is 289 g/mol. The predicted molar refractivity (Wildman–Crippen MR) is 74.1 cm³/mol. The monoisotopic (exact) mass is 289 g/mol. The highest BCUT2D eigenvalue weighted by atomic mass is 32.2. The van der Waals surface area contributed by atoms with Crippen LogP contribution in [0.15, 0.2) is 0 Å². The average Bonchev–Trinajstić information content (AvgIpc) is 2.92. The Morgan fingerprint density at radius 1 is 1.42 bits per heavy atom. The van der Waals surface area contributed by atoms with E-state index in [0.717, 1.165) is 25.2 Å². The van der Waals surface area contributed by atoms with Crippen LogP contribution in [0.25, 0.3) is 0 Å². The van der Waals surface area contributed by atoms with E-state index < -0.39 is 5.60 Å². The zero-order valence-corrected chi connectivity index (χ0v) is 12.0. The molecule has 2 saturated heterocycles. The van der Waals surface area contributed by atoms with Gasteiger partial charge in [0.15, 0.2) is 0 Å². The lowest BCUT2D eigenvalue weighted by molar-refractivity contribution is -0.134. The first kappa shape index (κ1) is 15.1. The summed E-state index contributed by atoms with van der Waals surface area (Å²) >= 11 is 1.63. The van der Waals surface area contributed by atoms with Gasteiger partial charge in [0.05, 0.1) is 24.1 Å². The highest BCUT2D eigenvalue weighted by Crippen LogP contribution is 2.22. The molecule has 5 nitrogen and oxygen atoms in total. The fourth-order valence-corrected chi connectivity index (χ4v) is 3.48. The summed E-state index contributed by atoms with van der Waals surface area (Å²) in [5, 5.41) is 19.0. The molecule has 19 heavy (non-hydrogen) atoms. The molecule has 0 aliphatic carbocycles. The molecule has 0 radical (unpaired) electrons. The number of piperidine rings is 1. The first-order valence-electron chi connectivity index (χ1n) is 6.93. The second kappa shape index (κ2) is 6.92. The van der Waals surface area contributed by atoms with Crippen molar-refractivity contribution in [2.45, 2.75) is 37.4 Å². The van der Waals surface area contributed by atoms with Crippen LogP contribution in [0.5, 0.6) is 0 Å². The van der Waals surface area contributed by atoms with E-state index in [1.165, 1.54) is 0 Å². The van der Waals surface area contributed by atoms with Crippen LogP contribution < -0.4 is 0 Å². The molecule has 110 valence electrons. The van der Waals surface area contributed by atoms with Gasteiger partial charge in [0.2, 0.25) is 5.91 Å².